The highest BCUT2D eigenvalue weighted by Gasteiger charge is 2.08. The van der Waals surface area contributed by atoms with Crippen molar-refractivity contribution in [2.24, 2.45) is 5.92 Å². The molecule has 0 aliphatic heterocycles. The van der Waals surface area contributed by atoms with Crippen molar-refractivity contribution < 1.29 is 4.74 Å². The quantitative estimate of drug-likeness (QED) is 0.720. The smallest absolute Gasteiger partial charge is 0.0589 e. The van der Waals surface area contributed by atoms with Crippen molar-refractivity contribution in [3.63, 3.8) is 0 Å². The molecule has 0 saturated heterocycles. The second-order valence-electron chi connectivity index (χ2n) is 5.14. The number of methoxy groups -OCH3 is 1. The van der Waals surface area contributed by atoms with Gasteiger partial charge in [-0.2, -0.15) is 0 Å². The standard InChI is InChI=1S/C15H26N2O/c1-13(2)12-17(10-11-18-3)9-8-14-6-4-5-7-15(14)16/h4-7,13H,8-12,16H2,1-3H3. The molecule has 0 aliphatic rings. The highest BCUT2D eigenvalue weighted by atomic mass is 16.5. The van der Waals surface area contributed by atoms with Crippen molar-refractivity contribution in [1.82, 2.24) is 4.90 Å². The lowest BCUT2D eigenvalue weighted by molar-refractivity contribution is 0.141. The Morgan fingerprint density at radius 3 is 2.56 bits per heavy atom. The molecule has 0 unspecified atom stereocenters. The van der Waals surface area contributed by atoms with Crippen LogP contribution in [-0.4, -0.2) is 38.3 Å². The third-order valence-corrected chi connectivity index (χ3v) is 2.99. The van der Waals surface area contributed by atoms with Gasteiger partial charge in [0.25, 0.3) is 0 Å². The number of nitrogen functional groups attached to an aromatic ring is 1. The minimum Gasteiger partial charge on any atom is -0.399 e. The van der Waals surface area contributed by atoms with Gasteiger partial charge in [-0.1, -0.05) is 32.0 Å². The van der Waals surface area contributed by atoms with Crippen molar-refractivity contribution in [2.75, 3.05) is 39.1 Å². The van der Waals surface area contributed by atoms with Gasteiger partial charge in [-0.3, -0.25) is 0 Å². The fourth-order valence-corrected chi connectivity index (χ4v) is 2.07. The Kier molecular flexibility index (Phi) is 6.76. The van der Waals surface area contributed by atoms with Gasteiger partial charge in [-0.15, -0.1) is 0 Å². The third kappa shape index (κ3) is 5.52. The maximum Gasteiger partial charge on any atom is 0.0589 e. The molecule has 102 valence electrons. The normalized spacial score (nSPS) is 11.4. The zero-order valence-electron chi connectivity index (χ0n) is 11.9. The molecule has 0 heterocycles. The number of benzene rings is 1. The van der Waals surface area contributed by atoms with Crippen LogP contribution in [0.15, 0.2) is 24.3 Å². The number of rotatable bonds is 8. The molecule has 0 atom stereocenters. The van der Waals surface area contributed by atoms with Crippen LogP contribution >= 0.6 is 0 Å². The first-order valence-electron chi connectivity index (χ1n) is 6.68. The van der Waals surface area contributed by atoms with Crippen LogP contribution in [0.3, 0.4) is 0 Å². The van der Waals surface area contributed by atoms with E-state index in [-0.39, 0.29) is 0 Å². The average molecular weight is 250 g/mol. The molecule has 0 saturated carbocycles. The summed E-state index contributed by atoms with van der Waals surface area (Å²) in [6, 6.07) is 8.11. The van der Waals surface area contributed by atoms with E-state index in [1.165, 1.54) is 5.56 Å². The Labute approximate surface area is 111 Å². The number of ether oxygens (including phenoxy) is 1. The second-order valence-corrected chi connectivity index (χ2v) is 5.14. The Morgan fingerprint density at radius 1 is 1.22 bits per heavy atom. The molecule has 0 amide bonds. The summed E-state index contributed by atoms with van der Waals surface area (Å²) in [4.78, 5) is 2.45. The van der Waals surface area contributed by atoms with Gasteiger partial charge in [0.2, 0.25) is 0 Å². The van der Waals surface area contributed by atoms with E-state index in [1.54, 1.807) is 7.11 Å². The van der Waals surface area contributed by atoms with Crippen LogP contribution in [0.2, 0.25) is 0 Å². The number of nitrogens with zero attached hydrogens (tertiary/aromatic N) is 1. The highest BCUT2D eigenvalue weighted by Crippen LogP contribution is 2.12. The summed E-state index contributed by atoms with van der Waals surface area (Å²) in [5.74, 6) is 0.676. The molecule has 18 heavy (non-hydrogen) atoms. The molecule has 0 bridgehead atoms. The van der Waals surface area contributed by atoms with Gasteiger partial charge < -0.3 is 15.4 Å². The average Bonchev–Trinajstić information content (AvgIpc) is 2.34. The molecule has 1 rings (SSSR count). The van der Waals surface area contributed by atoms with E-state index in [1.807, 2.05) is 18.2 Å². The Hall–Kier alpha value is -1.06. The molecule has 0 aliphatic carbocycles. The van der Waals surface area contributed by atoms with Crippen LogP contribution in [0.5, 0.6) is 0 Å². The predicted octanol–water partition coefficient (Wildman–Crippen LogP) is 2.42. The summed E-state index contributed by atoms with van der Waals surface area (Å²) in [7, 11) is 1.75. The topological polar surface area (TPSA) is 38.5 Å². The number of anilines is 1. The minimum atomic E-state index is 0.676. The van der Waals surface area contributed by atoms with Crippen LogP contribution in [0.1, 0.15) is 19.4 Å². The molecular weight excluding hydrogens is 224 g/mol. The molecule has 1 aromatic carbocycles. The lowest BCUT2D eigenvalue weighted by atomic mass is 10.1. The zero-order valence-corrected chi connectivity index (χ0v) is 11.9. The predicted molar refractivity (Wildman–Crippen MR) is 77.7 cm³/mol. The summed E-state index contributed by atoms with van der Waals surface area (Å²) in [6.07, 6.45) is 1.00. The second kappa shape index (κ2) is 8.11. The van der Waals surface area contributed by atoms with Crippen LogP contribution in [0.25, 0.3) is 0 Å². The van der Waals surface area contributed by atoms with E-state index in [9.17, 15) is 0 Å². The molecule has 2 N–H and O–H groups in total. The van der Waals surface area contributed by atoms with Crippen molar-refractivity contribution in [3.05, 3.63) is 29.8 Å². The summed E-state index contributed by atoms with van der Waals surface area (Å²) in [6.45, 7) is 8.41. The van der Waals surface area contributed by atoms with Crippen LogP contribution in [-0.2, 0) is 11.2 Å². The molecule has 0 spiro atoms. The van der Waals surface area contributed by atoms with Crippen LogP contribution < -0.4 is 5.73 Å². The minimum absolute atomic E-state index is 0.676. The van der Waals surface area contributed by atoms with Gasteiger partial charge in [0.05, 0.1) is 6.61 Å². The fraction of sp³-hybridized carbons (Fsp3) is 0.600. The summed E-state index contributed by atoms with van der Waals surface area (Å²) >= 11 is 0. The van der Waals surface area contributed by atoms with Gasteiger partial charge in [0.1, 0.15) is 0 Å². The van der Waals surface area contributed by atoms with Crippen molar-refractivity contribution in [1.29, 1.82) is 0 Å². The van der Waals surface area contributed by atoms with Gasteiger partial charge in [-0.25, -0.2) is 0 Å². The van der Waals surface area contributed by atoms with Gasteiger partial charge >= 0.3 is 0 Å². The summed E-state index contributed by atoms with van der Waals surface area (Å²) in [5, 5.41) is 0. The molecular formula is C15H26N2O. The Morgan fingerprint density at radius 2 is 1.94 bits per heavy atom. The summed E-state index contributed by atoms with van der Waals surface area (Å²) in [5.41, 5.74) is 8.10. The van der Waals surface area contributed by atoms with E-state index in [4.69, 9.17) is 10.5 Å². The fourth-order valence-electron chi connectivity index (χ4n) is 2.07. The maximum atomic E-state index is 5.96. The van der Waals surface area contributed by atoms with E-state index in [0.29, 0.717) is 5.92 Å². The molecule has 0 radical (unpaired) electrons. The lowest BCUT2D eigenvalue weighted by Gasteiger charge is -2.24. The van der Waals surface area contributed by atoms with Gasteiger partial charge in [0.15, 0.2) is 0 Å². The first kappa shape index (κ1) is 15.0. The molecule has 0 aromatic heterocycles. The third-order valence-electron chi connectivity index (χ3n) is 2.99. The SMILES string of the molecule is COCCN(CCc1ccccc1N)CC(C)C. The Bertz CT molecular complexity index is 339. The van der Waals surface area contributed by atoms with E-state index < -0.39 is 0 Å². The monoisotopic (exact) mass is 250 g/mol. The largest absolute Gasteiger partial charge is 0.399 e. The number of nitrogens with two attached hydrogens (primary N) is 1. The molecule has 3 nitrogen and oxygen atoms in total. The Balaban J connectivity index is 2.47. The molecule has 3 heteroatoms. The van der Waals surface area contributed by atoms with E-state index in [0.717, 1.165) is 38.3 Å². The first-order valence-corrected chi connectivity index (χ1v) is 6.68. The van der Waals surface area contributed by atoms with Gasteiger partial charge in [-0.05, 0) is 24.0 Å². The van der Waals surface area contributed by atoms with Crippen molar-refractivity contribution in [2.45, 2.75) is 20.3 Å². The van der Waals surface area contributed by atoms with Gasteiger partial charge in [0, 0.05) is 32.4 Å². The first-order chi connectivity index (χ1) is 8.63. The lowest BCUT2D eigenvalue weighted by Crippen LogP contribution is -2.33. The highest BCUT2D eigenvalue weighted by molar-refractivity contribution is 5.46. The van der Waals surface area contributed by atoms with E-state index in [2.05, 4.69) is 24.8 Å². The number of hydrogen-bond donors (Lipinski definition) is 1. The molecule has 0 fully saturated rings. The maximum absolute atomic E-state index is 5.96. The van der Waals surface area contributed by atoms with Crippen molar-refractivity contribution >= 4 is 5.69 Å². The zero-order chi connectivity index (χ0) is 13.4. The van der Waals surface area contributed by atoms with E-state index >= 15 is 0 Å². The van der Waals surface area contributed by atoms with Crippen molar-refractivity contribution in [3.8, 4) is 0 Å². The summed E-state index contributed by atoms with van der Waals surface area (Å²) < 4.78 is 5.16. The number of para-hydroxylation sites is 1. The molecule has 1 aromatic rings. The van der Waals surface area contributed by atoms with Crippen LogP contribution in [0, 0.1) is 5.92 Å². The van der Waals surface area contributed by atoms with Crippen LogP contribution in [0.4, 0.5) is 5.69 Å². The number of hydrogen-bond acceptors (Lipinski definition) is 3.